The summed E-state index contributed by atoms with van der Waals surface area (Å²) < 4.78 is 6.68. The van der Waals surface area contributed by atoms with Crippen LogP contribution in [0.4, 0.5) is 0 Å². The highest BCUT2D eigenvalue weighted by Gasteiger charge is 2.36. The quantitative estimate of drug-likeness (QED) is 0.350. The zero-order chi connectivity index (χ0) is 21.5. The van der Waals surface area contributed by atoms with Crippen molar-refractivity contribution in [2.24, 2.45) is 0 Å². The Labute approximate surface area is 195 Å². The summed E-state index contributed by atoms with van der Waals surface area (Å²) in [6.07, 6.45) is 15.5. The maximum atomic E-state index is 13.3. The first-order valence-corrected chi connectivity index (χ1v) is 12.9. The van der Waals surface area contributed by atoms with Crippen molar-refractivity contribution in [3.8, 4) is 11.3 Å². The van der Waals surface area contributed by atoms with E-state index in [1.807, 2.05) is 53.4 Å². The molecule has 0 unspecified atom stereocenters. The molecule has 1 saturated heterocycles. The van der Waals surface area contributed by atoms with Gasteiger partial charge in [0.2, 0.25) is 0 Å². The standard InChI is InChI=1S/C26H31NO2S2/c28-25-24(19-22-17-18-23(29-22)20-13-9-8-10-14-20)31-26(30)27(25)21-15-11-6-4-2-1-3-5-7-12-16-21/h8-10,13-14,17-19,21H,1-7,11-12,15-16H2/b24-19+. The van der Waals surface area contributed by atoms with Gasteiger partial charge in [0, 0.05) is 17.7 Å². The molecule has 1 aromatic carbocycles. The minimum Gasteiger partial charge on any atom is -0.457 e. The van der Waals surface area contributed by atoms with E-state index in [1.165, 1.54) is 69.5 Å². The van der Waals surface area contributed by atoms with Crippen molar-refractivity contribution in [3.05, 3.63) is 53.1 Å². The number of hydrogen-bond acceptors (Lipinski definition) is 4. The monoisotopic (exact) mass is 453 g/mol. The van der Waals surface area contributed by atoms with Gasteiger partial charge < -0.3 is 4.42 Å². The number of thioether (sulfide) groups is 1. The van der Waals surface area contributed by atoms with Gasteiger partial charge in [-0.15, -0.1) is 0 Å². The molecular formula is C26H31NO2S2. The van der Waals surface area contributed by atoms with Crippen LogP contribution in [0.2, 0.25) is 0 Å². The number of carbonyl (C=O) groups is 1. The minimum atomic E-state index is 0.0461. The normalized spacial score (nSPS) is 21.3. The first-order chi connectivity index (χ1) is 15.2. The molecule has 31 heavy (non-hydrogen) atoms. The molecule has 2 aromatic rings. The van der Waals surface area contributed by atoms with Crippen molar-refractivity contribution >= 4 is 40.3 Å². The van der Waals surface area contributed by atoms with Crippen molar-refractivity contribution in [2.75, 3.05) is 0 Å². The van der Waals surface area contributed by atoms with Crippen LogP contribution < -0.4 is 0 Å². The third kappa shape index (κ3) is 5.89. The number of hydrogen-bond donors (Lipinski definition) is 0. The Morgan fingerprint density at radius 2 is 1.48 bits per heavy atom. The molecule has 0 spiro atoms. The second-order valence-electron chi connectivity index (χ2n) is 8.53. The van der Waals surface area contributed by atoms with E-state index in [2.05, 4.69) is 0 Å². The molecule has 2 fully saturated rings. The average molecular weight is 454 g/mol. The zero-order valence-corrected chi connectivity index (χ0v) is 19.7. The van der Waals surface area contributed by atoms with Crippen LogP contribution in [0, 0.1) is 0 Å². The number of benzene rings is 1. The number of amides is 1. The topological polar surface area (TPSA) is 33.5 Å². The SMILES string of the molecule is O=C1/C(=C\c2ccc(-c3ccccc3)o2)SC(=S)N1C1CCCCCCCCCCC1. The van der Waals surface area contributed by atoms with E-state index in [4.69, 9.17) is 16.6 Å². The van der Waals surface area contributed by atoms with E-state index in [9.17, 15) is 4.79 Å². The van der Waals surface area contributed by atoms with Crippen molar-refractivity contribution in [2.45, 2.75) is 76.7 Å². The summed E-state index contributed by atoms with van der Waals surface area (Å²) in [6.45, 7) is 0. The van der Waals surface area contributed by atoms with Crippen LogP contribution in [0.25, 0.3) is 17.4 Å². The van der Waals surface area contributed by atoms with Gasteiger partial charge in [0.1, 0.15) is 15.8 Å². The van der Waals surface area contributed by atoms with Crippen LogP contribution in [0.5, 0.6) is 0 Å². The Bertz CT molecular complexity index is 906. The van der Waals surface area contributed by atoms with Crippen molar-refractivity contribution in [1.82, 2.24) is 4.90 Å². The van der Waals surface area contributed by atoms with E-state index in [-0.39, 0.29) is 11.9 Å². The predicted molar refractivity (Wildman–Crippen MR) is 134 cm³/mol. The molecule has 0 atom stereocenters. The lowest BCUT2D eigenvalue weighted by atomic mass is 9.97. The maximum Gasteiger partial charge on any atom is 0.266 e. The second kappa shape index (κ2) is 11.1. The highest BCUT2D eigenvalue weighted by molar-refractivity contribution is 8.26. The maximum absolute atomic E-state index is 13.3. The third-order valence-corrected chi connectivity index (χ3v) is 7.55. The van der Waals surface area contributed by atoms with Crippen LogP contribution >= 0.6 is 24.0 Å². The molecule has 0 bridgehead atoms. The number of thiocarbonyl (C=S) groups is 1. The molecule has 3 nitrogen and oxygen atoms in total. The van der Waals surface area contributed by atoms with E-state index in [1.54, 1.807) is 0 Å². The van der Waals surface area contributed by atoms with Gasteiger partial charge in [0.05, 0.1) is 4.91 Å². The first kappa shape index (κ1) is 22.3. The molecular weight excluding hydrogens is 422 g/mol. The van der Waals surface area contributed by atoms with Gasteiger partial charge in [-0.25, -0.2) is 0 Å². The summed E-state index contributed by atoms with van der Waals surface area (Å²) in [4.78, 5) is 15.9. The van der Waals surface area contributed by atoms with E-state index in [0.717, 1.165) is 24.2 Å². The van der Waals surface area contributed by atoms with Gasteiger partial charge in [0.15, 0.2) is 0 Å². The fourth-order valence-corrected chi connectivity index (χ4v) is 5.89. The Morgan fingerprint density at radius 1 is 0.871 bits per heavy atom. The molecule has 164 valence electrons. The van der Waals surface area contributed by atoms with Crippen LogP contribution in [0.15, 0.2) is 51.8 Å². The van der Waals surface area contributed by atoms with Crippen LogP contribution in [-0.4, -0.2) is 21.2 Å². The van der Waals surface area contributed by atoms with Crippen molar-refractivity contribution < 1.29 is 9.21 Å². The highest BCUT2D eigenvalue weighted by Crippen LogP contribution is 2.37. The van der Waals surface area contributed by atoms with Gasteiger partial charge in [-0.3, -0.25) is 9.69 Å². The number of furan rings is 1. The summed E-state index contributed by atoms with van der Waals surface area (Å²) in [5.41, 5.74) is 1.03. The molecule has 1 aliphatic carbocycles. The Balaban J connectivity index is 1.46. The van der Waals surface area contributed by atoms with Gasteiger partial charge in [-0.05, 0) is 25.0 Å². The van der Waals surface area contributed by atoms with E-state index < -0.39 is 0 Å². The molecule has 1 saturated carbocycles. The number of carbonyl (C=O) groups excluding carboxylic acids is 1. The third-order valence-electron chi connectivity index (χ3n) is 6.22. The highest BCUT2D eigenvalue weighted by atomic mass is 32.2. The summed E-state index contributed by atoms with van der Waals surface area (Å²) >= 11 is 7.07. The fraction of sp³-hybridized carbons (Fsp3) is 0.462. The van der Waals surface area contributed by atoms with Gasteiger partial charge in [-0.2, -0.15) is 0 Å². The van der Waals surface area contributed by atoms with Crippen LogP contribution in [0.3, 0.4) is 0 Å². The largest absolute Gasteiger partial charge is 0.457 e. The fourth-order valence-electron chi connectivity index (χ4n) is 4.51. The lowest BCUT2D eigenvalue weighted by Gasteiger charge is -2.27. The summed E-state index contributed by atoms with van der Waals surface area (Å²) in [5.74, 6) is 1.55. The lowest BCUT2D eigenvalue weighted by molar-refractivity contribution is -0.123. The van der Waals surface area contributed by atoms with E-state index >= 15 is 0 Å². The Morgan fingerprint density at radius 3 is 2.13 bits per heavy atom. The van der Waals surface area contributed by atoms with Crippen LogP contribution in [-0.2, 0) is 4.79 Å². The average Bonchev–Trinajstić information content (AvgIpc) is 3.34. The molecule has 4 rings (SSSR count). The number of nitrogens with zero attached hydrogens (tertiary/aromatic N) is 1. The molecule has 2 aliphatic rings. The van der Waals surface area contributed by atoms with Gasteiger partial charge in [0.25, 0.3) is 5.91 Å². The number of rotatable bonds is 3. The summed E-state index contributed by atoms with van der Waals surface area (Å²) in [5, 5.41) is 0. The summed E-state index contributed by atoms with van der Waals surface area (Å²) in [7, 11) is 0. The first-order valence-electron chi connectivity index (χ1n) is 11.6. The zero-order valence-electron chi connectivity index (χ0n) is 18.1. The van der Waals surface area contributed by atoms with Crippen molar-refractivity contribution in [1.29, 1.82) is 0 Å². The molecule has 1 aromatic heterocycles. The predicted octanol–water partition coefficient (Wildman–Crippen LogP) is 7.82. The smallest absolute Gasteiger partial charge is 0.266 e. The minimum absolute atomic E-state index is 0.0461. The van der Waals surface area contributed by atoms with E-state index in [0.29, 0.717) is 15.0 Å². The van der Waals surface area contributed by atoms with Crippen LogP contribution in [0.1, 0.15) is 76.4 Å². The molecule has 1 amide bonds. The Hall–Kier alpha value is -1.85. The molecule has 2 heterocycles. The molecule has 1 aliphatic heterocycles. The Kier molecular flexibility index (Phi) is 8.03. The molecule has 5 heteroatoms. The molecule has 0 radical (unpaired) electrons. The van der Waals surface area contributed by atoms with Crippen molar-refractivity contribution in [3.63, 3.8) is 0 Å². The second-order valence-corrected chi connectivity index (χ2v) is 10.2. The van der Waals surface area contributed by atoms with Gasteiger partial charge in [-0.1, -0.05) is 112 Å². The lowest BCUT2D eigenvalue weighted by Crippen LogP contribution is -2.38. The molecule has 0 N–H and O–H groups in total. The summed E-state index contributed by atoms with van der Waals surface area (Å²) in [6, 6.07) is 14.1. The van der Waals surface area contributed by atoms with Gasteiger partial charge >= 0.3 is 0 Å².